The largest absolute Gasteiger partial charge is 0.376 e. The zero-order valence-electron chi connectivity index (χ0n) is 12.9. The third kappa shape index (κ3) is 4.07. The molecule has 0 radical (unpaired) electrons. The number of halogens is 1. The third-order valence-corrected chi connectivity index (χ3v) is 3.60. The molecule has 116 valence electrons. The molecule has 0 bridgehead atoms. The molecule has 0 saturated heterocycles. The van der Waals surface area contributed by atoms with Gasteiger partial charge in [0.2, 0.25) is 5.91 Å². The molecule has 0 unspecified atom stereocenters. The molecular formula is C18H21FN2O. The first-order valence-corrected chi connectivity index (χ1v) is 7.44. The van der Waals surface area contributed by atoms with Crippen molar-refractivity contribution < 1.29 is 9.18 Å². The minimum atomic E-state index is -0.303. The van der Waals surface area contributed by atoms with Crippen LogP contribution in [0.3, 0.4) is 0 Å². The lowest BCUT2D eigenvalue weighted by Gasteiger charge is -2.14. The normalized spacial score (nSPS) is 10.3. The fourth-order valence-electron chi connectivity index (χ4n) is 2.34. The van der Waals surface area contributed by atoms with Gasteiger partial charge in [0.05, 0.1) is 6.54 Å². The number of benzene rings is 2. The first kappa shape index (κ1) is 16.0. The summed E-state index contributed by atoms with van der Waals surface area (Å²) in [4.78, 5) is 11.9. The summed E-state index contributed by atoms with van der Waals surface area (Å²) in [5.41, 5.74) is 3.79. The van der Waals surface area contributed by atoms with Crippen molar-refractivity contribution in [1.82, 2.24) is 5.32 Å². The standard InChI is InChI=1S/C18H21FN2O/c1-3-14-9-6-7-13(2)18(14)21-12-17(22)20-11-15-8-4-5-10-16(15)19/h4-10,21H,3,11-12H2,1-2H3,(H,20,22). The summed E-state index contributed by atoms with van der Waals surface area (Å²) in [6.45, 7) is 4.46. The van der Waals surface area contributed by atoms with Crippen molar-refractivity contribution >= 4 is 11.6 Å². The predicted octanol–water partition coefficient (Wildman–Crippen LogP) is 3.42. The first-order chi connectivity index (χ1) is 10.6. The van der Waals surface area contributed by atoms with E-state index in [1.807, 2.05) is 25.1 Å². The summed E-state index contributed by atoms with van der Waals surface area (Å²) in [6, 6.07) is 12.5. The number of anilines is 1. The molecule has 3 nitrogen and oxygen atoms in total. The Balaban J connectivity index is 1.90. The lowest BCUT2D eigenvalue weighted by Crippen LogP contribution is -2.30. The number of aryl methyl sites for hydroxylation is 2. The van der Waals surface area contributed by atoms with Crippen LogP contribution in [0, 0.1) is 12.7 Å². The number of hydrogen-bond donors (Lipinski definition) is 2. The van der Waals surface area contributed by atoms with Crippen LogP contribution in [0.2, 0.25) is 0 Å². The van der Waals surface area contributed by atoms with Gasteiger partial charge < -0.3 is 10.6 Å². The molecule has 22 heavy (non-hydrogen) atoms. The first-order valence-electron chi connectivity index (χ1n) is 7.44. The molecule has 2 N–H and O–H groups in total. The summed E-state index contributed by atoms with van der Waals surface area (Å²) >= 11 is 0. The summed E-state index contributed by atoms with van der Waals surface area (Å²) in [5.74, 6) is -0.462. The van der Waals surface area contributed by atoms with Crippen LogP contribution in [-0.2, 0) is 17.8 Å². The quantitative estimate of drug-likeness (QED) is 0.858. The lowest BCUT2D eigenvalue weighted by molar-refractivity contribution is -0.119. The molecule has 1 amide bonds. The van der Waals surface area contributed by atoms with Gasteiger partial charge in [-0.25, -0.2) is 4.39 Å². The van der Waals surface area contributed by atoms with E-state index < -0.39 is 0 Å². The molecule has 2 rings (SSSR count). The number of nitrogens with one attached hydrogen (secondary N) is 2. The van der Waals surface area contributed by atoms with Crippen LogP contribution in [0.15, 0.2) is 42.5 Å². The second kappa shape index (κ2) is 7.59. The van der Waals surface area contributed by atoms with E-state index in [2.05, 4.69) is 17.6 Å². The fraction of sp³-hybridized carbons (Fsp3) is 0.278. The van der Waals surface area contributed by atoms with Crippen LogP contribution in [-0.4, -0.2) is 12.5 Å². The molecule has 2 aromatic rings. The van der Waals surface area contributed by atoms with Gasteiger partial charge in [0.15, 0.2) is 0 Å². The van der Waals surface area contributed by atoms with Crippen molar-refractivity contribution in [1.29, 1.82) is 0 Å². The summed E-state index contributed by atoms with van der Waals surface area (Å²) in [7, 11) is 0. The van der Waals surface area contributed by atoms with E-state index in [0.717, 1.165) is 17.7 Å². The zero-order chi connectivity index (χ0) is 15.9. The maximum atomic E-state index is 13.5. The minimum absolute atomic E-state index is 0.159. The Bertz CT molecular complexity index is 655. The molecule has 0 aliphatic carbocycles. The molecule has 2 aromatic carbocycles. The maximum absolute atomic E-state index is 13.5. The summed E-state index contributed by atoms with van der Waals surface area (Å²) in [6.07, 6.45) is 0.904. The molecule has 0 aromatic heterocycles. The van der Waals surface area contributed by atoms with E-state index in [1.165, 1.54) is 11.6 Å². The number of para-hydroxylation sites is 1. The molecule has 4 heteroatoms. The number of hydrogen-bond acceptors (Lipinski definition) is 2. The van der Waals surface area contributed by atoms with Gasteiger partial charge in [-0.3, -0.25) is 4.79 Å². The SMILES string of the molecule is CCc1cccc(C)c1NCC(=O)NCc1ccccc1F. The van der Waals surface area contributed by atoms with E-state index >= 15 is 0 Å². The van der Waals surface area contributed by atoms with Gasteiger partial charge in [0, 0.05) is 17.8 Å². The number of amides is 1. The third-order valence-electron chi connectivity index (χ3n) is 3.60. The van der Waals surface area contributed by atoms with Crippen molar-refractivity contribution in [3.8, 4) is 0 Å². The van der Waals surface area contributed by atoms with Gasteiger partial charge >= 0.3 is 0 Å². The Labute approximate surface area is 130 Å². The topological polar surface area (TPSA) is 41.1 Å². The van der Waals surface area contributed by atoms with Crippen molar-refractivity contribution in [3.05, 3.63) is 65.0 Å². The Morgan fingerprint density at radius 3 is 2.55 bits per heavy atom. The van der Waals surface area contributed by atoms with Gasteiger partial charge in [-0.1, -0.05) is 43.3 Å². The monoisotopic (exact) mass is 300 g/mol. The Morgan fingerprint density at radius 1 is 1.09 bits per heavy atom. The Morgan fingerprint density at radius 2 is 1.82 bits per heavy atom. The van der Waals surface area contributed by atoms with Crippen LogP contribution in [0.4, 0.5) is 10.1 Å². The highest BCUT2D eigenvalue weighted by molar-refractivity contribution is 5.81. The minimum Gasteiger partial charge on any atom is -0.376 e. The van der Waals surface area contributed by atoms with E-state index in [9.17, 15) is 9.18 Å². The highest BCUT2D eigenvalue weighted by Crippen LogP contribution is 2.20. The van der Waals surface area contributed by atoms with Crippen molar-refractivity contribution in [2.24, 2.45) is 0 Å². The molecule has 0 aliphatic rings. The van der Waals surface area contributed by atoms with E-state index in [0.29, 0.717) is 5.56 Å². The lowest BCUT2D eigenvalue weighted by atomic mass is 10.1. The van der Waals surface area contributed by atoms with Crippen molar-refractivity contribution in [2.75, 3.05) is 11.9 Å². The molecular weight excluding hydrogens is 279 g/mol. The van der Waals surface area contributed by atoms with Crippen LogP contribution >= 0.6 is 0 Å². The predicted molar refractivity (Wildman–Crippen MR) is 87.3 cm³/mol. The van der Waals surface area contributed by atoms with Crippen molar-refractivity contribution in [2.45, 2.75) is 26.8 Å². The number of rotatable bonds is 6. The molecule has 0 aliphatic heterocycles. The smallest absolute Gasteiger partial charge is 0.239 e. The van der Waals surface area contributed by atoms with Crippen LogP contribution in [0.5, 0.6) is 0 Å². The summed E-state index contributed by atoms with van der Waals surface area (Å²) in [5, 5.41) is 5.90. The second-order valence-electron chi connectivity index (χ2n) is 5.18. The van der Waals surface area contributed by atoms with E-state index in [1.54, 1.807) is 18.2 Å². The molecule has 0 heterocycles. The fourth-order valence-corrected chi connectivity index (χ4v) is 2.34. The van der Waals surface area contributed by atoms with Crippen LogP contribution in [0.25, 0.3) is 0 Å². The van der Waals surface area contributed by atoms with Gasteiger partial charge in [-0.2, -0.15) is 0 Å². The van der Waals surface area contributed by atoms with Gasteiger partial charge in [-0.05, 0) is 30.5 Å². The molecule has 0 spiro atoms. The highest BCUT2D eigenvalue weighted by atomic mass is 19.1. The summed E-state index contributed by atoms with van der Waals surface area (Å²) < 4.78 is 13.5. The second-order valence-corrected chi connectivity index (χ2v) is 5.18. The molecule has 0 atom stereocenters. The van der Waals surface area contributed by atoms with Crippen LogP contribution < -0.4 is 10.6 Å². The Hall–Kier alpha value is -2.36. The average Bonchev–Trinajstić information content (AvgIpc) is 2.52. The Kier molecular flexibility index (Phi) is 5.53. The highest BCUT2D eigenvalue weighted by Gasteiger charge is 2.07. The average molecular weight is 300 g/mol. The zero-order valence-corrected chi connectivity index (χ0v) is 12.9. The van der Waals surface area contributed by atoms with Gasteiger partial charge in [-0.15, -0.1) is 0 Å². The molecule has 0 fully saturated rings. The number of carbonyl (C=O) groups excluding carboxylic acids is 1. The molecule has 0 saturated carbocycles. The van der Waals surface area contributed by atoms with Crippen molar-refractivity contribution in [3.63, 3.8) is 0 Å². The van der Waals surface area contributed by atoms with E-state index in [4.69, 9.17) is 0 Å². The van der Waals surface area contributed by atoms with Crippen LogP contribution in [0.1, 0.15) is 23.6 Å². The van der Waals surface area contributed by atoms with Gasteiger partial charge in [0.25, 0.3) is 0 Å². The van der Waals surface area contributed by atoms with E-state index in [-0.39, 0.29) is 24.8 Å². The maximum Gasteiger partial charge on any atom is 0.239 e. The number of carbonyl (C=O) groups is 1. The van der Waals surface area contributed by atoms with Gasteiger partial charge in [0.1, 0.15) is 5.82 Å².